The molecule has 0 amide bonds. The standard InChI is InChI=1S/C14H14N2OS/c1-3-8-17-13-11-7-5-4-6-10(11)12-14(16-13)18-9(2)15-12/h4-7H,3,8H2,1-2H3. The second-order valence-electron chi connectivity index (χ2n) is 4.20. The molecule has 18 heavy (non-hydrogen) atoms. The molecule has 0 radical (unpaired) electrons. The molecule has 0 bridgehead atoms. The Bertz CT molecular complexity index is 705. The molecule has 4 heteroatoms. The molecule has 0 aliphatic rings. The molecule has 2 aromatic heterocycles. The quantitative estimate of drug-likeness (QED) is 0.713. The number of ether oxygens (including phenoxy) is 1. The summed E-state index contributed by atoms with van der Waals surface area (Å²) < 4.78 is 5.75. The molecular formula is C14H14N2OS. The minimum Gasteiger partial charge on any atom is -0.477 e. The van der Waals surface area contributed by atoms with Gasteiger partial charge in [-0.25, -0.2) is 9.97 Å². The van der Waals surface area contributed by atoms with Crippen molar-refractivity contribution in [3.8, 4) is 5.88 Å². The Kier molecular flexibility index (Phi) is 2.88. The fourth-order valence-corrected chi connectivity index (χ4v) is 2.80. The summed E-state index contributed by atoms with van der Waals surface area (Å²) in [6, 6.07) is 8.16. The number of hydrogen-bond donors (Lipinski definition) is 0. The molecule has 0 N–H and O–H groups in total. The molecule has 0 unspecified atom stereocenters. The number of thiazole rings is 1. The van der Waals surface area contributed by atoms with Crippen LogP contribution in [0, 0.1) is 6.92 Å². The molecule has 0 saturated carbocycles. The highest BCUT2D eigenvalue weighted by Crippen LogP contribution is 2.32. The van der Waals surface area contributed by atoms with Gasteiger partial charge in [0.15, 0.2) is 0 Å². The van der Waals surface area contributed by atoms with Crippen LogP contribution in [0.5, 0.6) is 5.88 Å². The Hall–Kier alpha value is -1.68. The number of rotatable bonds is 3. The van der Waals surface area contributed by atoms with Crippen LogP contribution in [0.4, 0.5) is 0 Å². The van der Waals surface area contributed by atoms with Crippen LogP contribution >= 0.6 is 11.3 Å². The van der Waals surface area contributed by atoms with E-state index in [1.54, 1.807) is 11.3 Å². The van der Waals surface area contributed by atoms with Gasteiger partial charge in [0.1, 0.15) is 10.3 Å². The fraction of sp³-hybridized carbons (Fsp3) is 0.286. The van der Waals surface area contributed by atoms with Crippen molar-refractivity contribution in [3.05, 3.63) is 29.3 Å². The third kappa shape index (κ3) is 1.82. The lowest BCUT2D eigenvalue weighted by atomic mass is 10.1. The first-order valence-corrected chi connectivity index (χ1v) is 6.90. The largest absolute Gasteiger partial charge is 0.477 e. The van der Waals surface area contributed by atoms with E-state index in [9.17, 15) is 0 Å². The molecule has 0 aliphatic carbocycles. The molecule has 2 heterocycles. The van der Waals surface area contributed by atoms with E-state index in [0.717, 1.165) is 38.4 Å². The van der Waals surface area contributed by atoms with Gasteiger partial charge in [-0.05, 0) is 19.4 Å². The zero-order valence-corrected chi connectivity index (χ0v) is 11.3. The number of aryl methyl sites for hydroxylation is 1. The van der Waals surface area contributed by atoms with E-state index in [1.807, 2.05) is 25.1 Å². The average Bonchev–Trinajstić information content (AvgIpc) is 2.76. The van der Waals surface area contributed by atoms with Crippen LogP contribution in [0.3, 0.4) is 0 Å². The van der Waals surface area contributed by atoms with Crippen LogP contribution in [0.25, 0.3) is 21.1 Å². The molecule has 0 spiro atoms. The lowest BCUT2D eigenvalue weighted by molar-refractivity contribution is 0.310. The third-order valence-corrected chi connectivity index (χ3v) is 3.64. The van der Waals surface area contributed by atoms with E-state index in [-0.39, 0.29) is 0 Å². The predicted octanol–water partition coefficient (Wildman–Crippen LogP) is 3.94. The highest BCUT2D eigenvalue weighted by Gasteiger charge is 2.12. The van der Waals surface area contributed by atoms with Gasteiger partial charge in [-0.15, -0.1) is 0 Å². The summed E-state index contributed by atoms with van der Waals surface area (Å²) in [5.41, 5.74) is 0.983. The van der Waals surface area contributed by atoms with Gasteiger partial charge in [-0.1, -0.05) is 36.5 Å². The topological polar surface area (TPSA) is 35.0 Å². The summed E-state index contributed by atoms with van der Waals surface area (Å²) >= 11 is 1.61. The Morgan fingerprint density at radius 2 is 1.94 bits per heavy atom. The first-order valence-electron chi connectivity index (χ1n) is 6.08. The molecule has 3 nitrogen and oxygen atoms in total. The maximum atomic E-state index is 5.75. The number of benzene rings is 1. The van der Waals surface area contributed by atoms with Crippen molar-refractivity contribution in [3.63, 3.8) is 0 Å². The van der Waals surface area contributed by atoms with Crippen molar-refractivity contribution in [2.24, 2.45) is 0 Å². The smallest absolute Gasteiger partial charge is 0.222 e. The van der Waals surface area contributed by atoms with Crippen molar-refractivity contribution in [2.75, 3.05) is 6.61 Å². The third-order valence-electron chi connectivity index (χ3n) is 2.77. The van der Waals surface area contributed by atoms with Gasteiger partial charge in [0.2, 0.25) is 5.88 Å². The van der Waals surface area contributed by atoms with Gasteiger partial charge in [0.25, 0.3) is 0 Å². The monoisotopic (exact) mass is 258 g/mol. The summed E-state index contributed by atoms with van der Waals surface area (Å²) in [6.45, 7) is 4.80. The highest BCUT2D eigenvalue weighted by atomic mass is 32.1. The zero-order valence-electron chi connectivity index (χ0n) is 10.4. The molecule has 1 aromatic carbocycles. The maximum absolute atomic E-state index is 5.75. The van der Waals surface area contributed by atoms with Crippen LogP contribution in [-0.4, -0.2) is 16.6 Å². The van der Waals surface area contributed by atoms with Crippen LogP contribution in [0.2, 0.25) is 0 Å². The first kappa shape index (κ1) is 11.4. The molecule has 3 aromatic rings. The van der Waals surface area contributed by atoms with Crippen molar-refractivity contribution < 1.29 is 4.74 Å². The van der Waals surface area contributed by atoms with Crippen molar-refractivity contribution in [1.82, 2.24) is 9.97 Å². The van der Waals surface area contributed by atoms with Crippen LogP contribution in [0.1, 0.15) is 18.4 Å². The second kappa shape index (κ2) is 4.53. The Balaban J connectivity index is 2.31. The number of pyridine rings is 1. The summed E-state index contributed by atoms with van der Waals surface area (Å²) in [5, 5.41) is 3.21. The van der Waals surface area contributed by atoms with Gasteiger partial charge in [-0.2, -0.15) is 0 Å². The predicted molar refractivity (Wildman–Crippen MR) is 75.4 cm³/mol. The first-order chi connectivity index (χ1) is 8.79. The normalized spacial score (nSPS) is 11.2. The number of fused-ring (bicyclic) bond motifs is 3. The summed E-state index contributed by atoms with van der Waals surface area (Å²) in [4.78, 5) is 10.1. The van der Waals surface area contributed by atoms with E-state index in [0.29, 0.717) is 6.61 Å². The van der Waals surface area contributed by atoms with E-state index < -0.39 is 0 Å². The molecular weight excluding hydrogens is 244 g/mol. The van der Waals surface area contributed by atoms with E-state index >= 15 is 0 Å². The Morgan fingerprint density at radius 1 is 1.17 bits per heavy atom. The lowest BCUT2D eigenvalue weighted by Gasteiger charge is -2.07. The summed E-state index contributed by atoms with van der Waals surface area (Å²) in [6.07, 6.45) is 0.982. The number of hydrogen-bond acceptors (Lipinski definition) is 4. The van der Waals surface area contributed by atoms with E-state index in [4.69, 9.17) is 4.74 Å². The van der Waals surface area contributed by atoms with Crippen LogP contribution in [-0.2, 0) is 0 Å². The van der Waals surface area contributed by atoms with Crippen LogP contribution in [0.15, 0.2) is 24.3 Å². The highest BCUT2D eigenvalue weighted by molar-refractivity contribution is 7.18. The van der Waals surface area contributed by atoms with Gasteiger partial charge < -0.3 is 4.74 Å². The van der Waals surface area contributed by atoms with Gasteiger partial charge in [0, 0.05) is 10.8 Å². The van der Waals surface area contributed by atoms with Gasteiger partial charge in [0.05, 0.1) is 11.6 Å². The number of nitrogens with zero attached hydrogens (tertiary/aromatic N) is 2. The lowest BCUT2D eigenvalue weighted by Crippen LogP contribution is -1.98. The van der Waals surface area contributed by atoms with Crippen molar-refractivity contribution >= 4 is 32.5 Å². The van der Waals surface area contributed by atoms with E-state index in [1.165, 1.54) is 0 Å². The SMILES string of the molecule is CCCOc1nc2sc(C)nc2c2ccccc12. The summed E-state index contributed by atoms with van der Waals surface area (Å²) in [7, 11) is 0. The molecule has 0 atom stereocenters. The molecule has 0 fully saturated rings. The van der Waals surface area contributed by atoms with Crippen molar-refractivity contribution in [1.29, 1.82) is 0 Å². The van der Waals surface area contributed by atoms with Gasteiger partial charge >= 0.3 is 0 Å². The average molecular weight is 258 g/mol. The van der Waals surface area contributed by atoms with Crippen LogP contribution < -0.4 is 4.74 Å². The Labute approximate surface area is 109 Å². The minimum atomic E-state index is 0.695. The summed E-state index contributed by atoms with van der Waals surface area (Å²) in [5.74, 6) is 0.726. The Morgan fingerprint density at radius 3 is 2.72 bits per heavy atom. The second-order valence-corrected chi connectivity index (χ2v) is 5.38. The number of aromatic nitrogens is 2. The molecule has 0 aliphatic heterocycles. The molecule has 0 saturated heterocycles. The zero-order chi connectivity index (χ0) is 12.5. The maximum Gasteiger partial charge on any atom is 0.222 e. The van der Waals surface area contributed by atoms with Gasteiger partial charge in [-0.3, -0.25) is 0 Å². The fourth-order valence-electron chi connectivity index (χ4n) is 2.00. The van der Waals surface area contributed by atoms with E-state index in [2.05, 4.69) is 23.0 Å². The van der Waals surface area contributed by atoms with Crippen molar-refractivity contribution in [2.45, 2.75) is 20.3 Å². The minimum absolute atomic E-state index is 0.695. The molecule has 3 rings (SSSR count). The molecule has 92 valence electrons.